The van der Waals surface area contributed by atoms with Gasteiger partial charge in [-0.1, -0.05) is 12.7 Å². The Labute approximate surface area is 191 Å². The van der Waals surface area contributed by atoms with Crippen LogP contribution in [-0.4, -0.2) is 53.5 Å². The minimum Gasteiger partial charge on any atom is -0.489 e. The van der Waals surface area contributed by atoms with E-state index in [0.717, 1.165) is 0 Å². The molecule has 1 amide bonds. The molecule has 2 aliphatic rings. The molecule has 2 aliphatic heterocycles. The third kappa shape index (κ3) is 4.49. The van der Waals surface area contributed by atoms with E-state index in [9.17, 15) is 9.90 Å². The summed E-state index contributed by atoms with van der Waals surface area (Å²) in [4.78, 5) is 14.5. The lowest BCUT2D eigenvalue weighted by molar-refractivity contribution is -0.0680. The average molecular weight is 500 g/mol. The molecule has 1 aromatic rings. The van der Waals surface area contributed by atoms with Crippen LogP contribution in [0.4, 0.5) is 4.79 Å². The number of amides is 1. The van der Waals surface area contributed by atoms with Crippen molar-refractivity contribution in [3.8, 4) is 17.2 Å². The molecular weight excluding hydrogens is 470 g/mol. The average Bonchev–Trinajstić information content (AvgIpc) is 3.26. The second-order valence-corrected chi connectivity index (χ2v) is 9.76. The summed E-state index contributed by atoms with van der Waals surface area (Å²) in [5.41, 5.74) is -0.523. The lowest BCUT2D eigenvalue weighted by atomic mass is 9.97. The van der Waals surface area contributed by atoms with E-state index in [1.54, 1.807) is 40.7 Å². The van der Waals surface area contributed by atoms with Gasteiger partial charge in [-0.2, -0.15) is 0 Å². The maximum Gasteiger partial charge on any atom is 0.413 e. The number of nitrogens with zero attached hydrogens (tertiary/aromatic N) is 1. The summed E-state index contributed by atoms with van der Waals surface area (Å²) in [5.74, 6) is 1.48. The molecule has 0 saturated carbocycles. The van der Waals surface area contributed by atoms with Crippen LogP contribution in [0.25, 0.3) is 0 Å². The number of fused-ring (bicyclic) bond motifs is 1. The van der Waals surface area contributed by atoms with Crippen molar-refractivity contribution >= 4 is 22.0 Å². The van der Waals surface area contributed by atoms with Gasteiger partial charge in [0.05, 0.1) is 17.1 Å². The van der Waals surface area contributed by atoms with E-state index < -0.39 is 29.6 Å². The van der Waals surface area contributed by atoms with Gasteiger partial charge in [0.15, 0.2) is 11.5 Å². The smallest absolute Gasteiger partial charge is 0.413 e. The Hall–Kier alpha value is -1.97. The highest BCUT2D eigenvalue weighted by Crippen LogP contribution is 2.52. The minimum atomic E-state index is -1.16. The van der Waals surface area contributed by atoms with Gasteiger partial charge in [0, 0.05) is 11.1 Å². The fraction of sp³-hybridized carbons (Fsp3) is 0.591. The van der Waals surface area contributed by atoms with Crippen molar-refractivity contribution in [3.63, 3.8) is 0 Å². The highest BCUT2D eigenvalue weighted by Gasteiger charge is 2.50. The third-order valence-corrected chi connectivity index (χ3v) is 5.88. The number of aliphatic hydroxyl groups is 1. The van der Waals surface area contributed by atoms with Gasteiger partial charge in [-0.15, -0.1) is 0 Å². The number of halogens is 1. The molecule has 0 radical (unpaired) electrons. The molecule has 0 spiro atoms. The lowest BCUT2D eigenvalue weighted by Gasteiger charge is -2.37. The van der Waals surface area contributed by atoms with Crippen LogP contribution in [0, 0.1) is 6.92 Å². The lowest BCUT2D eigenvalue weighted by Crippen LogP contribution is -2.51. The molecule has 1 fully saturated rings. The number of ether oxygens (including phenoxy) is 5. The highest BCUT2D eigenvalue weighted by atomic mass is 79.9. The van der Waals surface area contributed by atoms with Crippen LogP contribution in [0.1, 0.15) is 51.8 Å². The van der Waals surface area contributed by atoms with E-state index in [0.29, 0.717) is 32.8 Å². The Kier molecular flexibility index (Phi) is 6.51. The van der Waals surface area contributed by atoms with Crippen molar-refractivity contribution in [2.75, 3.05) is 20.0 Å². The molecule has 0 aliphatic carbocycles. The van der Waals surface area contributed by atoms with Gasteiger partial charge >= 0.3 is 6.09 Å². The van der Waals surface area contributed by atoms with Crippen molar-refractivity contribution in [1.29, 1.82) is 0 Å². The number of benzene rings is 1. The number of rotatable bonds is 5. The van der Waals surface area contributed by atoms with Gasteiger partial charge in [0.25, 0.3) is 0 Å². The summed E-state index contributed by atoms with van der Waals surface area (Å²) >= 11 is 3.54. The predicted molar refractivity (Wildman–Crippen MR) is 118 cm³/mol. The third-order valence-electron chi connectivity index (χ3n) is 5.09. The van der Waals surface area contributed by atoms with E-state index >= 15 is 0 Å². The van der Waals surface area contributed by atoms with Crippen LogP contribution in [0.3, 0.4) is 0 Å². The maximum absolute atomic E-state index is 13.0. The Bertz CT molecular complexity index is 878. The Balaban J connectivity index is 2.06. The zero-order valence-electron chi connectivity index (χ0n) is 18.8. The molecule has 31 heavy (non-hydrogen) atoms. The largest absolute Gasteiger partial charge is 0.489 e. The Morgan fingerprint density at radius 3 is 2.65 bits per heavy atom. The zero-order chi connectivity index (χ0) is 23.1. The molecule has 9 heteroatoms. The topological polar surface area (TPSA) is 86.7 Å². The quantitative estimate of drug-likeness (QED) is 0.598. The summed E-state index contributed by atoms with van der Waals surface area (Å²) in [6, 6.07) is -0.716. The van der Waals surface area contributed by atoms with Gasteiger partial charge < -0.3 is 28.8 Å². The molecule has 2 atom stereocenters. The second-order valence-electron chi connectivity index (χ2n) is 8.97. The van der Waals surface area contributed by atoms with Gasteiger partial charge in [0.2, 0.25) is 6.79 Å². The Morgan fingerprint density at radius 1 is 1.39 bits per heavy atom. The first-order valence-corrected chi connectivity index (χ1v) is 10.9. The number of hydrogen-bond donors (Lipinski definition) is 1. The summed E-state index contributed by atoms with van der Waals surface area (Å²) < 4.78 is 29.1. The molecular formula is C22H30BrNO7. The predicted octanol–water partition coefficient (Wildman–Crippen LogP) is 4.46. The standard InChI is InChI=1S/C22H30BrNO7/c1-8-9-27-17-12(2)18-19(29-11-28-18)15(23)14(17)16(25)13-10-30-22(6,7)24(13)20(26)31-21(3,4)5/h8,13,16,25H,1,9-11H2,2-7H3/t13-,16-/m1/s1. The number of aliphatic hydroxyl groups excluding tert-OH is 1. The molecule has 3 rings (SSSR count). The van der Waals surface area contributed by atoms with Gasteiger partial charge in [-0.25, -0.2) is 4.79 Å². The van der Waals surface area contributed by atoms with E-state index in [2.05, 4.69) is 22.5 Å². The first-order chi connectivity index (χ1) is 14.4. The summed E-state index contributed by atoms with van der Waals surface area (Å²) in [5, 5.41) is 11.5. The summed E-state index contributed by atoms with van der Waals surface area (Å²) in [7, 11) is 0. The molecule has 1 aromatic carbocycles. The number of carbonyl (C=O) groups excluding carboxylic acids is 1. The molecule has 0 unspecified atom stereocenters. The zero-order valence-corrected chi connectivity index (χ0v) is 20.4. The van der Waals surface area contributed by atoms with E-state index in [1.165, 1.54) is 4.90 Å². The Morgan fingerprint density at radius 2 is 2.03 bits per heavy atom. The van der Waals surface area contributed by atoms with Gasteiger partial charge in [-0.05, 0) is 57.5 Å². The molecule has 8 nitrogen and oxygen atoms in total. The summed E-state index contributed by atoms with van der Waals surface area (Å²) in [6.07, 6.45) is -0.110. The molecule has 2 heterocycles. The molecule has 1 saturated heterocycles. The van der Waals surface area contributed by atoms with Crippen molar-refractivity contribution in [1.82, 2.24) is 4.90 Å². The van der Waals surface area contributed by atoms with Crippen LogP contribution in [0.5, 0.6) is 17.2 Å². The number of carbonyl (C=O) groups is 1. The molecule has 0 aromatic heterocycles. The van der Waals surface area contributed by atoms with Crippen LogP contribution in [0.15, 0.2) is 17.1 Å². The van der Waals surface area contributed by atoms with Crippen molar-refractivity contribution in [3.05, 3.63) is 28.3 Å². The van der Waals surface area contributed by atoms with E-state index in [1.807, 2.05) is 6.92 Å². The van der Waals surface area contributed by atoms with E-state index in [4.69, 9.17) is 23.7 Å². The van der Waals surface area contributed by atoms with Crippen LogP contribution in [0.2, 0.25) is 0 Å². The molecule has 172 valence electrons. The fourth-order valence-corrected chi connectivity index (χ4v) is 4.47. The van der Waals surface area contributed by atoms with Crippen LogP contribution < -0.4 is 14.2 Å². The number of hydrogen-bond acceptors (Lipinski definition) is 7. The van der Waals surface area contributed by atoms with Gasteiger partial charge in [-0.3, -0.25) is 4.90 Å². The molecule has 1 N–H and O–H groups in total. The first-order valence-electron chi connectivity index (χ1n) is 10.1. The highest BCUT2D eigenvalue weighted by molar-refractivity contribution is 9.10. The first kappa shape index (κ1) is 23.7. The second kappa shape index (κ2) is 8.52. The fourth-order valence-electron chi connectivity index (χ4n) is 3.76. The van der Waals surface area contributed by atoms with Crippen molar-refractivity contribution in [2.24, 2.45) is 0 Å². The van der Waals surface area contributed by atoms with Crippen LogP contribution in [-0.2, 0) is 9.47 Å². The van der Waals surface area contributed by atoms with Gasteiger partial charge in [0.1, 0.15) is 29.8 Å². The van der Waals surface area contributed by atoms with Crippen molar-refractivity contribution < 1.29 is 33.6 Å². The summed E-state index contributed by atoms with van der Waals surface area (Å²) in [6.45, 7) is 14.8. The minimum absolute atomic E-state index is 0.0683. The monoisotopic (exact) mass is 499 g/mol. The molecule has 0 bridgehead atoms. The SMILES string of the molecule is C=CCOc1c(C)c2c(c(Br)c1[C@H](O)[C@H]1COC(C)(C)N1C(=O)OC(C)(C)C)OCO2. The van der Waals surface area contributed by atoms with Crippen LogP contribution >= 0.6 is 15.9 Å². The maximum atomic E-state index is 13.0. The van der Waals surface area contributed by atoms with E-state index in [-0.39, 0.29) is 20.0 Å². The normalized spacial score (nSPS) is 20.5. The van der Waals surface area contributed by atoms with Crippen molar-refractivity contribution in [2.45, 2.75) is 65.0 Å².